The lowest BCUT2D eigenvalue weighted by molar-refractivity contribution is -0.129. The number of para-hydroxylation sites is 2. The van der Waals surface area contributed by atoms with Gasteiger partial charge in [-0.2, -0.15) is 5.10 Å². The van der Waals surface area contributed by atoms with Crippen LogP contribution >= 0.6 is 22.9 Å². The quantitative estimate of drug-likeness (QED) is 0.149. The number of carbonyl (C=O) groups excluding carboxylic acids is 2. The highest BCUT2D eigenvalue weighted by Crippen LogP contribution is 2.62. The fourth-order valence-corrected chi connectivity index (χ4v) is 10.3. The van der Waals surface area contributed by atoms with Crippen molar-refractivity contribution in [3.05, 3.63) is 140 Å². The smallest absolute Gasteiger partial charge is 0.352 e. The van der Waals surface area contributed by atoms with Crippen LogP contribution in [0.3, 0.4) is 0 Å². The topological polar surface area (TPSA) is 124 Å². The number of benzene rings is 3. The number of aryl methyl sites for hydroxylation is 2. The van der Waals surface area contributed by atoms with E-state index in [0.29, 0.717) is 45.3 Å². The van der Waals surface area contributed by atoms with E-state index in [0.717, 1.165) is 25.1 Å². The van der Waals surface area contributed by atoms with Crippen molar-refractivity contribution in [2.75, 3.05) is 4.90 Å². The molecule has 4 atom stereocenters. The van der Waals surface area contributed by atoms with Gasteiger partial charge in [-0.3, -0.25) is 14.3 Å². The summed E-state index contributed by atoms with van der Waals surface area (Å²) >= 11 is 7.88. The maximum atomic E-state index is 15.2. The monoisotopic (exact) mass is 758 g/mol. The minimum absolute atomic E-state index is 0.00273. The first-order chi connectivity index (χ1) is 25.9. The van der Waals surface area contributed by atoms with E-state index in [1.807, 2.05) is 37.3 Å². The van der Waals surface area contributed by atoms with Gasteiger partial charge in [0, 0.05) is 34.3 Å². The summed E-state index contributed by atoms with van der Waals surface area (Å²) in [6.07, 6.45) is 4.04. The molecule has 0 spiro atoms. The molecule has 3 aliphatic rings. The number of anilines is 1. The van der Waals surface area contributed by atoms with Crippen LogP contribution in [-0.2, 0) is 29.6 Å². The van der Waals surface area contributed by atoms with Crippen LogP contribution < -0.4 is 16.3 Å². The van der Waals surface area contributed by atoms with Gasteiger partial charge in [-0.05, 0) is 79.1 Å². The first-order valence-electron chi connectivity index (χ1n) is 17.7. The van der Waals surface area contributed by atoms with Crippen LogP contribution in [0.25, 0.3) is 26.3 Å². The number of carbonyl (C=O) groups is 2. The first kappa shape index (κ1) is 34.1. The molecule has 5 heterocycles. The van der Waals surface area contributed by atoms with Gasteiger partial charge in [-0.15, -0.1) is 17.9 Å². The molecule has 2 fully saturated rings. The van der Waals surface area contributed by atoms with E-state index in [1.54, 1.807) is 84.6 Å². The first-order valence-corrected chi connectivity index (χ1v) is 18.9. The average Bonchev–Trinajstić information content (AvgIpc) is 3.83. The number of aromatic hydroxyl groups is 1. The Hall–Kier alpha value is -5.72. The van der Waals surface area contributed by atoms with Crippen molar-refractivity contribution in [1.82, 2.24) is 23.7 Å². The van der Waals surface area contributed by atoms with Crippen LogP contribution in [0, 0.1) is 18.3 Å². The summed E-state index contributed by atoms with van der Waals surface area (Å²) in [5, 5.41) is 18.2. The number of hydrogen-bond acceptors (Lipinski definition) is 7. The highest BCUT2D eigenvalue weighted by atomic mass is 35.5. The predicted octanol–water partition coefficient (Wildman–Crippen LogP) is 6.68. The number of allylic oxidation sites excluding steroid dienone is 3. The number of aromatic nitrogens is 5. The molecule has 6 aromatic rings. The van der Waals surface area contributed by atoms with Crippen LogP contribution in [0.5, 0.6) is 5.75 Å². The molecule has 1 saturated carbocycles. The standard InChI is InChI=1S/C41H35ClN6O5S/c1-5-10-23-11-9-14-27(35(23)49)34-26-17-18-45-39(52)46(25-12-7-6-8-13-25)40(53)48(45)31(26)20-29-37(50)47(38(51)41(29,34)3)33-21-30(43-44(33)4)36-22(2)28-19-24(42)15-16-32(28)54-36/h5-9,11-17,19,21,29,31,34,49H,1,10,18,20H2,2-4H3. The van der Waals surface area contributed by atoms with Gasteiger partial charge < -0.3 is 5.11 Å². The Morgan fingerprint density at radius 3 is 2.57 bits per heavy atom. The van der Waals surface area contributed by atoms with Gasteiger partial charge in [0.25, 0.3) is 0 Å². The summed E-state index contributed by atoms with van der Waals surface area (Å²) in [7, 11) is 1.71. The van der Waals surface area contributed by atoms with Crippen LogP contribution in [0.2, 0.25) is 5.02 Å². The second-order valence-corrected chi connectivity index (χ2v) is 15.9. The number of phenolic OH excluding ortho intramolecular Hbond substituents is 1. The SMILES string of the molecule is C=CCc1cccc(C2C3=CCn4c(=O)n(-c5ccccc5)c(=O)n4C3CC3C(=O)N(c4cc(-c5sc6ccc(Cl)cc6c5C)nn4C)C(=O)C32C)c1O. The summed E-state index contributed by atoms with van der Waals surface area (Å²) < 4.78 is 6.55. The number of fused-ring (bicyclic) bond motifs is 5. The van der Waals surface area contributed by atoms with E-state index in [1.165, 1.54) is 14.3 Å². The summed E-state index contributed by atoms with van der Waals surface area (Å²) in [6, 6.07) is 20.8. The molecular formula is C41H35ClN6O5S. The van der Waals surface area contributed by atoms with E-state index < -0.39 is 46.5 Å². The lowest BCUT2D eigenvalue weighted by Crippen LogP contribution is -2.49. The van der Waals surface area contributed by atoms with Crippen molar-refractivity contribution in [3.63, 3.8) is 0 Å². The molecular weight excluding hydrogens is 724 g/mol. The predicted molar refractivity (Wildman–Crippen MR) is 209 cm³/mol. The molecule has 2 amide bonds. The van der Waals surface area contributed by atoms with Gasteiger partial charge in [0.15, 0.2) is 0 Å². The third-order valence-electron chi connectivity index (χ3n) is 11.6. The second kappa shape index (κ2) is 12.2. The Kier molecular flexibility index (Phi) is 7.67. The zero-order valence-corrected chi connectivity index (χ0v) is 31.3. The molecule has 1 N–H and O–H groups in total. The van der Waals surface area contributed by atoms with E-state index in [4.69, 9.17) is 16.7 Å². The number of thiophene rings is 1. The molecule has 9 rings (SSSR count). The molecule has 0 radical (unpaired) electrons. The number of phenols is 1. The molecule has 4 unspecified atom stereocenters. The van der Waals surface area contributed by atoms with Crippen molar-refractivity contribution in [1.29, 1.82) is 0 Å². The second-order valence-electron chi connectivity index (χ2n) is 14.4. The normalized spacial score (nSPS) is 22.0. The molecule has 3 aromatic carbocycles. The van der Waals surface area contributed by atoms with E-state index in [-0.39, 0.29) is 18.7 Å². The number of nitrogens with zero attached hydrogens (tertiary/aromatic N) is 6. The van der Waals surface area contributed by atoms with E-state index in [2.05, 4.69) is 6.58 Å². The Balaban J connectivity index is 1.21. The Morgan fingerprint density at radius 2 is 1.81 bits per heavy atom. The number of imide groups is 1. The summed E-state index contributed by atoms with van der Waals surface area (Å²) in [4.78, 5) is 60.2. The van der Waals surface area contributed by atoms with Crippen molar-refractivity contribution in [2.24, 2.45) is 18.4 Å². The molecule has 2 aliphatic heterocycles. The van der Waals surface area contributed by atoms with Gasteiger partial charge >= 0.3 is 11.4 Å². The van der Waals surface area contributed by atoms with Crippen LogP contribution in [0.4, 0.5) is 5.82 Å². The maximum absolute atomic E-state index is 15.2. The van der Waals surface area contributed by atoms with E-state index >= 15 is 4.79 Å². The van der Waals surface area contributed by atoms with Crippen LogP contribution in [0.1, 0.15) is 42.0 Å². The summed E-state index contributed by atoms with van der Waals surface area (Å²) in [5.41, 5.74) is 1.41. The number of hydrogen-bond donors (Lipinski definition) is 1. The molecule has 1 saturated heterocycles. The van der Waals surface area contributed by atoms with Gasteiger partial charge in [-0.25, -0.2) is 28.4 Å². The summed E-state index contributed by atoms with van der Waals surface area (Å²) in [6.45, 7) is 7.71. The van der Waals surface area contributed by atoms with Crippen molar-refractivity contribution in [3.8, 4) is 22.0 Å². The molecule has 272 valence electrons. The third-order valence-corrected chi connectivity index (χ3v) is 13.1. The molecule has 1 aliphatic carbocycles. The minimum atomic E-state index is -1.37. The summed E-state index contributed by atoms with van der Waals surface area (Å²) in [5.74, 6) is -2.27. The number of amides is 2. The Morgan fingerprint density at radius 1 is 1.04 bits per heavy atom. The van der Waals surface area contributed by atoms with Crippen LogP contribution in [-0.4, -0.2) is 40.6 Å². The Bertz CT molecular complexity index is 2750. The zero-order valence-electron chi connectivity index (χ0n) is 29.7. The van der Waals surface area contributed by atoms with Crippen molar-refractivity contribution < 1.29 is 14.7 Å². The van der Waals surface area contributed by atoms with Crippen molar-refractivity contribution in [2.45, 2.75) is 45.2 Å². The van der Waals surface area contributed by atoms with Gasteiger partial charge in [0.05, 0.1) is 34.5 Å². The van der Waals surface area contributed by atoms with Gasteiger partial charge in [0.2, 0.25) is 11.8 Å². The molecule has 54 heavy (non-hydrogen) atoms. The third kappa shape index (κ3) is 4.62. The lowest BCUT2D eigenvalue weighted by atomic mass is 9.56. The Labute approximate surface area is 318 Å². The fraction of sp³-hybridized carbons (Fsp3) is 0.244. The minimum Gasteiger partial charge on any atom is -0.507 e. The van der Waals surface area contributed by atoms with E-state index in [9.17, 15) is 19.5 Å². The average molecular weight is 759 g/mol. The number of halogens is 1. The largest absolute Gasteiger partial charge is 0.507 e. The lowest BCUT2D eigenvalue weighted by Gasteiger charge is -2.47. The molecule has 3 aromatic heterocycles. The number of rotatable bonds is 6. The van der Waals surface area contributed by atoms with Crippen LogP contribution in [0.15, 0.2) is 107 Å². The highest BCUT2D eigenvalue weighted by molar-refractivity contribution is 7.22. The molecule has 11 nitrogen and oxygen atoms in total. The van der Waals surface area contributed by atoms with Gasteiger partial charge in [-0.1, -0.05) is 60.2 Å². The maximum Gasteiger partial charge on any atom is 0.352 e. The molecule has 0 bridgehead atoms. The van der Waals surface area contributed by atoms with Gasteiger partial charge in [0.1, 0.15) is 17.3 Å². The zero-order chi connectivity index (χ0) is 37.8. The highest BCUT2D eigenvalue weighted by Gasteiger charge is 2.66. The fourth-order valence-electron chi connectivity index (χ4n) is 9.02. The molecule has 13 heteroatoms. The van der Waals surface area contributed by atoms with Crippen molar-refractivity contribution >= 4 is 50.7 Å².